The summed E-state index contributed by atoms with van der Waals surface area (Å²) < 4.78 is 10.2. The Morgan fingerprint density at radius 2 is 1.93 bits per heavy atom. The summed E-state index contributed by atoms with van der Waals surface area (Å²) in [6, 6.07) is 4.90. The van der Waals surface area contributed by atoms with Gasteiger partial charge in [-0.3, -0.25) is 0 Å². The number of hydrogen-bond acceptors (Lipinski definition) is 4. The largest absolute Gasteiger partial charge is 0.497 e. The predicted molar refractivity (Wildman–Crippen MR) is 58.2 cm³/mol. The van der Waals surface area contributed by atoms with Crippen molar-refractivity contribution in [3.05, 3.63) is 23.8 Å². The molecule has 1 aromatic rings. The Morgan fingerprint density at radius 3 is 2.40 bits per heavy atom. The zero-order valence-electron chi connectivity index (χ0n) is 9.23. The molecule has 0 fully saturated rings. The average Bonchev–Trinajstić information content (AvgIpc) is 2.27. The topological polar surface area (TPSA) is 64.7 Å². The van der Waals surface area contributed by atoms with Crippen LogP contribution in [0.25, 0.3) is 0 Å². The first kappa shape index (κ1) is 11.8. The van der Waals surface area contributed by atoms with Crippen LogP contribution in [0, 0.1) is 0 Å². The number of aliphatic hydroxyl groups is 1. The molecule has 1 rings (SSSR count). The molecule has 4 heteroatoms. The van der Waals surface area contributed by atoms with Crippen molar-refractivity contribution in [2.24, 2.45) is 5.73 Å². The van der Waals surface area contributed by atoms with Crippen molar-refractivity contribution < 1.29 is 14.6 Å². The van der Waals surface area contributed by atoms with E-state index in [1.54, 1.807) is 39.3 Å². The summed E-state index contributed by atoms with van der Waals surface area (Å²) in [5.74, 6) is 1.28. The lowest BCUT2D eigenvalue weighted by Gasteiger charge is -2.18. The number of hydrogen-bond donors (Lipinski definition) is 2. The van der Waals surface area contributed by atoms with Crippen molar-refractivity contribution in [2.45, 2.75) is 19.1 Å². The minimum Gasteiger partial charge on any atom is -0.497 e. The van der Waals surface area contributed by atoms with Crippen molar-refractivity contribution in [2.75, 3.05) is 14.2 Å². The summed E-state index contributed by atoms with van der Waals surface area (Å²) in [6.45, 7) is 1.74. The molecule has 0 spiro atoms. The molecule has 0 bridgehead atoms. The fraction of sp³-hybridized carbons (Fsp3) is 0.455. The van der Waals surface area contributed by atoms with Crippen LogP contribution in [0.4, 0.5) is 0 Å². The molecule has 3 N–H and O–H groups in total. The zero-order chi connectivity index (χ0) is 11.4. The van der Waals surface area contributed by atoms with Gasteiger partial charge in [0.2, 0.25) is 0 Å². The maximum Gasteiger partial charge on any atom is 0.124 e. The summed E-state index contributed by atoms with van der Waals surface area (Å²) in [4.78, 5) is 0. The van der Waals surface area contributed by atoms with E-state index in [1.807, 2.05) is 0 Å². The summed E-state index contributed by atoms with van der Waals surface area (Å²) in [5.41, 5.74) is 6.28. The number of aliphatic hydroxyl groups excluding tert-OH is 1. The van der Waals surface area contributed by atoms with Gasteiger partial charge in [0.05, 0.1) is 20.3 Å². The van der Waals surface area contributed by atoms with Crippen molar-refractivity contribution >= 4 is 0 Å². The monoisotopic (exact) mass is 211 g/mol. The second-order valence-corrected chi connectivity index (χ2v) is 3.41. The summed E-state index contributed by atoms with van der Waals surface area (Å²) >= 11 is 0. The van der Waals surface area contributed by atoms with Crippen molar-refractivity contribution in [1.82, 2.24) is 0 Å². The van der Waals surface area contributed by atoms with Gasteiger partial charge in [-0.1, -0.05) is 0 Å². The second kappa shape index (κ2) is 5.00. The van der Waals surface area contributed by atoms with Crippen LogP contribution in [0.1, 0.15) is 18.6 Å². The molecular formula is C11H17NO3. The van der Waals surface area contributed by atoms with E-state index in [-0.39, 0.29) is 6.04 Å². The number of rotatable bonds is 4. The lowest BCUT2D eigenvalue weighted by Crippen LogP contribution is -2.24. The molecule has 0 heterocycles. The highest BCUT2D eigenvalue weighted by Crippen LogP contribution is 2.30. The van der Waals surface area contributed by atoms with Gasteiger partial charge in [-0.15, -0.1) is 0 Å². The highest BCUT2D eigenvalue weighted by molar-refractivity contribution is 5.42. The molecule has 0 amide bonds. The van der Waals surface area contributed by atoms with E-state index in [1.165, 1.54) is 0 Å². The van der Waals surface area contributed by atoms with Crippen LogP contribution >= 0.6 is 0 Å². The van der Waals surface area contributed by atoms with E-state index in [0.29, 0.717) is 17.1 Å². The fourth-order valence-corrected chi connectivity index (χ4v) is 1.35. The predicted octanol–water partition coefficient (Wildman–Crippen LogP) is 1.08. The maximum atomic E-state index is 9.87. The summed E-state index contributed by atoms with van der Waals surface area (Å²) in [6.07, 6.45) is -0.755. The van der Waals surface area contributed by atoms with Gasteiger partial charge in [0.15, 0.2) is 0 Å². The van der Waals surface area contributed by atoms with E-state index < -0.39 is 6.10 Å². The van der Waals surface area contributed by atoms with E-state index in [2.05, 4.69) is 0 Å². The third kappa shape index (κ3) is 2.61. The highest BCUT2D eigenvalue weighted by atomic mass is 16.5. The first-order chi connectivity index (χ1) is 7.10. The molecule has 0 saturated carbocycles. The third-order valence-corrected chi connectivity index (χ3v) is 2.25. The SMILES string of the molecule is COc1ccc(OC)c([C@@H](O)C(C)N)c1. The van der Waals surface area contributed by atoms with Crippen molar-refractivity contribution in [1.29, 1.82) is 0 Å². The summed E-state index contributed by atoms with van der Waals surface area (Å²) in [5, 5.41) is 9.87. The van der Waals surface area contributed by atoms with Gasteiger partial charge in [0.25, 0.3) is 0 Å². The Balaban J connectivity index is 3.11. The van der Waals surface area contributed by atoms with Crippen molar-refractivity contribution in [3.63, 3.8) is 0 Å². The van der Waals surface area contributed by atoms with E-state index in [0.717, 1.165) is 0 Å². The minimum absolute atomic E-state index is 0.356. The number of benzene rings is 1. The van der Waals surface area contributed by atoms with Crippen LogP contribution in [-0.4, -0.2) is 25.4 Å². The van der Waals surface area contributed by atoms with E-state index in [9.17, 15) is 5.11 Å². The van der Waals surface area contributed by atoms with Gasteiger partial charge in [-0.2, -0.15) is 0 Å². The van der Waals surface area contributed by atoms with Gasteiger partial charge in [0, 0.05) is 11.6 Å². The van der Waals surface area contributed by atoms with E-state index >= 15 is 0 Å². The zero-order valence-corrected chi connectivity index (χ0v) is 9.23. The lowest BCUT2D eigenvalue weighted by molar-refractivity contribution is 0.149. The minimum atomic E-state index is -0.755. The Labute approximate surface area is 89.6 Å². The third-order valence-electron chi connectivity index (χ3n) is 2.25. The normalized spacial score (nSPS) is 14.5. The molecule has 0 radical (unpaired) electrons. The molecule has 0 aromatic heterocycles. The average molecular weight is 211 g/mol. The Hall–Kier alpha value is -1.26. The van der Waals surface area contributed by atoms with Gasteiger partial charge in [-0.25, -0.2) is 0 Å². The smallest absolute Gasteiger partial charge is 0.124 e. The summed E-state index contributed by atoms with van der Waals surface area (Å²) in [7, 11) is 3.13. The van der Waals surface area contributed by atoms with E-state index in [4.69, 9.17) is 15.2 Å². The van der Waals surface area contributed by atoms with Crippen LogP contribution in [-0.2, 0) is 0 Å². The second-order valence-electron chi connectivity index (χ2n) is 3.41. The van der Waals surface area contributed by atoms with Gasteiger partial charge in [-0.05, 0) is 25.1 Å². The molecule has 0 aliphatic rings. The van der Waals surface area contributed by atoms with Gasteiger partial charge < -0.3 is 20.3 Å². The number of nitrogens with two attached hydrogens (primary N) is 1. The first-order valence-corrected chi connectivity index (χ1v) is 4.75. The highest BCUT2D eigenvalue weighted by Gasteiger charge is 2.17. The molecule has 0 saturated heterocycles. The molecule has 0 aliphatic carbocycles. The standard InChI is InChI=1S/C11H17NO3/c1-7(12)11(13)9-6-8(14-2)4-5-10(9)15-3/h4-7,11,13H,12H2,1-3H3/t7?,11-/m0/s1. The molecule has 0 aliphatic heterocycles. The first-order valence-electron chi connectivity index (χ1n) is 4.75. The number of ether oxygens (including phenoxy) is 2. The van der Waals surface area contributed by atoms with Crippen LogP contribution in [0.2, 0.25) is 0 Å². The Bertz CT molecular complexity index is 326. The Morgan fingerprint density at radius 1 is 1.27 bits per heavy atom. The molecule has 1 unspecified atom stereocenters. The molecule has 84 valence electrons. The van der Waals surface area contributed by atoms with Crippen LogP contribution in [0.5, 0.6) is 11.5 Å². The lowest BCUT2D eigenvalue weighted by atomic mass is 10.0. The van der Waals surface area contributed by atoms with Gasteiger partial charge >= 0.3 is 0 Å². The van der Waals surface area contributed by atoms with Crippen LogP contribution in [0.15, 0.2) is 18.2 Å². The molecule has 1 aromatic carbocycles. The molecule has 15 heavy (non-hydrogen) atoms. The molecule has 2 atom stereocenters. The molecular weight excluding hydrogens is 194 g/mol. The number of methoxy groups -OCH3 is 2. The quantitative estimate of drug-likeness (QED) is 0.782. The van der Waals surface area contributed by atoms with Crippen molar-refractivity contribution in [3.8, 4) is 11.5 Å². The molecule has 4 nitrogen and oxygen atoms in total. The van der Waals surface area contributed by atoms with Gasteiger partial charge in [0.1, 0.15) is 11.5 Å². The maximum absolute atomic E-state index is 9.87. The van der Waals surface area contributed by atoms with Crippen LogP contribution in [0.3, 0.4) is 0 Å². The fourth-order valence-electron chi connectivity index (χ4n) is 1.35. The Kier molecular flexibility index (Phi) is 3.94. The van der Waals surface area contributed by atoms with Crippen LogP contribution < -0.4 is 15.2 Å².